The number of rotatable bonds is 4. The lowest BCUT2D eigenvalue weighted by atomic mass is 10.2. The normalized spacial score (nSPS) is 17.0. The summed E-state index contributed by atoms with van der Waals surface area (Å²) in [4.78, 5) is 11.9. The van der Waals surface area contributed by atoms with Gasteiger partial charge in [0.15, 0.2) is 11.6 Å². The molecule has 3 rings (SSSR count). The van der Waals surface area contributed by atoms with Crippen molar-refractivity contribution in [1.82, 2.24) is 10.2 Å². The van der Waals surface area contributed by atoms with E-state index in [9.17, 15) is 9.18 Å². The Kier molecular flexibility index (Phi) is 4.68. The van der Waals surface area contributed by atoms with Crippen LogP contribution in [-0.4, -0.2) is 28.8 Å². The molecule has 1 atom stereocenters. The van der Waals surface area contributed by atoms with Crippen molar-refractivity contribution < 1.29 is 13.9 Å². The number of anilines is 3. The maximum absolute atomic E-state index is 13.1. The molecule has 1 fully saturated rings. The Balaban J connectivity index is 1.62. The third-order valence-corrected chi connectivity index (χ3v) is 3.62. The van der Waals surface area contributed by atoms with Crippen LogP contribution in [0.3, 0.4) is 0 Å². The standard InChI is InChI=1S/C15H14ClFN4O2/c16-10-8-9(3-4-11(10)17)18-13-5-6-14(21-20-13)19-15(22)12-2-1-7-23-12/h3-6,8,12H,1-2,7H2,(H,18,20)(H,19,21,22). The monoisotopic (exact) mass is 336 g/mol. The van der Waals surface area contributed by atoms with E-state index < -0.39 is 11.9 Å². The highest BCUT2D eigenvalue weighted by molar-refractivity contribution is 6.31. The van der Waals surface area contributed by atoms with Crippen molar-refractivity contribution in [3.05, 3.63) is 41.2 Å². The summed E-state index contributed by atoms with van der Waals surface area (Å²) in [6.45, 7) is 0.604. The van der Waals surface area contributed by atoms with E-state index in [-0.39, 0.29) is 10.9 Å². The first-order valence-electron chi connectivity index (χ1n) is 7.10. The summed E-state index contributed by atoms with van der Waals surface area (Å²) >= 11 is 5.71. The number of ether oxygens (including phenoxy) is 1. The number of halogens is 2. The average molecular weight is 337 g/mol. The number of carbonyl (C=O) groups excluding carboxylic acids is 1. The fourth-order valence-corrected chi connectivity index (χ4v) is 2.36. The lowest BCUT2D eigenvalue weighted by Crippen LogP contribution is -2.27. The van der Waals surface area contributed by atoms with Crippen LogP contribution in [0.25, 0.3) is 0 Å². The van der Waals surface area contributed by atoms with Gasteiger partial charge in [-0.25, -0.2) is 4.39 Å². The van der Waals surface area contributed by atoms with Crippen LogP contribution in [-0.2, 0) is 9.53 Å². The van der Waals surface area contributed by atoms with Crippen molar-refractivity contribution in [2.45, 2.75) is 18.9 Å². The summed E-state index contributed by atoms with van der Waals surface area (Å²) in [5.41, 5.74) is 0.585. The summed E-state index contributed by atoms with van der Waals surface area (Å²) in [6, 6.07) is 7.51. The SMILES string of the molecule is O=C(Nc1ccc(Nc2ccc(F)c(Cl)c2)nn1)C1CCCO1. The highest BCUT2D eigenvalue weighted by Gasteiger charge is 2.23. The molecular weight excluding hydrogens is 323 g/mol. The molecule has 1 aliphatic heterocycles. The molecule has 8 heteroatoms. The Hall–Kier alpha value is -2.25. The summed E-state index contributed by atoms with van der Waals surface area (Å²) in [7, 11) is 0. The smallest absolute Gasteiger partial charge is 0.254 e. The molecule has 0 radical (unpaired) electrons. The number of hydrogen-bond acceptors (Lipinski definition) is 5. The van der Waals surface area contributed by atoms with Crippen LogP contribution in [0.4, 0.5) is 21.7 Å². The van der Waals surface area contributed by atoms with E-state index in [2.05, 4.69) is 20.8 Å². The van der Waals surface area contributed by atoms with Gasteiger partial charge in [0.05, 0.1) is 5.02 Å². The maximum Gasteiger partial charge on any atom is 0.254 e. The minimum absolute atomic E-state index is 0.0170. The Morgan fingerprint density at radius 2 is 2.04 bits per heavy atom. The van der Waals surface area contributed by atoms with Crippen molar-refractivity contribution in [1.29, 1.82) is 0 Å². The van der Waals surface area contributed by atoms with E-state index in [1.807, 2.05) is 0 Å². The number of hydrogen-bond donors (Lipinski definition) is 2. The molecule has 0 bridgehead atoms. The van der Waals surface area contributed by atoms with Gasteiger partial charge in [-0.15, -0.1) is 10.2 Å². The molecule has 6 nitrogen and oxygen atoms in total. The zero-order valence-corrected chi connectivity index (χ0v) is 12.8. The number of aromatic nitrogens is 2. The minimum Gasteiger partial charge on any atom is -0.368 e. The summed E-state index contributed by atoms with van der Waals surface area (Å²) in [5, 5.41) is 13.5. The summed E-state index contributed by atoms with van der Waals surface area (Å²) in [5.74, 6) is 0.0781. The first-order valence-corrected chi connectivity index (χ1v) is 7.48. The lowest BCUT2D eigenvalue weighted by molar-refractivity contribution is -0.124. The Morgan fingerprint density at radius 1 is 1.26 bits per heavy atom. The number of nitrogens with one attached hydrogen (secondary N) is 2. The minimum atomic E-state index is -0.490. The molecule has 2 aromatic rings. The van der Waals surface area contributed by atoms with Crippen molar-refractivity contribution >= 4 is 34.8 Å². The van der Waals surface area contributed by atoms with Gasteiger partial charge >= 0.3 is 0 Å². The fraction of sp³-hybridized carbons (Fsp3) is 0.267. The van der Waals surface area contributed by atoms with E-state index in [0.717, 1.165) is 6.42 Å². The van der Waals surface area contributed by atoms with Gasteiger partial charge < -0.3 is 15.4 Å². The highest BCUT2D eigenvalue weighted by Crippen LogP contribution is 2.22. The van der Waals surface area contributed by atoms with Crippen LogP contribution in [0.1, 0.15) is 12.8 Å². The molecule has 1 saturated heterocycles. The molecule has 0 spiro atoms. The molecule has 0 saturated carbocycles. The van der Waals surface area contributed by atoms with Crippen LogP contribution >= 0.6 is 11.6 Å². The van der Waals surface area contributed by atoms with Gasteiger partial charge in [0.1, 0.15) is 11.9 Å². The highest BCUT2D eigenvalue weighted by atomic mass is 35.5. The average Bonchev–Trinajstić information content (AvgIpc) is 3.07. The third-order valence-electron chi connectivity index (χ3n) is 3.33. The van der Waals surface area contributed by atoms with Crippen molar-refractivity contribution in [2.75, 3.05) is 17.2 Å². The van der Waals surface area contributed by atoms with Crippen molar-refractivity contribution in [3.63, 3.8) is 0 Å². The molecule has 2 heterocycles. The first-order chi connectivity index (χ1) is 11.1. The molecule has 1 amide bonds. The van der Waals surface area contributed by atoms with E-state index in [4.69, 9.17) is 16.3 Å². The molecule has 1 aromatic carbocycles. The van der Waals surface area contributed by atoms with Crippen molar-refractivity contribution in [2.24, 2.45) is 0 Å². The largest absolute Gasteiger partial charge is 0.368 e. The molecule has 0 aliphatic carbocycles. The topological polar surface area (TPSA) is 76.1 Å². The molecule has 23 heavy (non-hydrogen) atoms. The molecule has 2 N–H and O–H groups in total. The van der Waals surface area contributed by atoms with Gasteiger partial charge in [0, 0.05) is 12.3 Å². The van der Waals surface area contributed by atoms with E-state index >= 15 is 0 Å². The van der Waals surface area contributed by atoms with Crippen molar-refractivity contribution in [3.8, 4) is 0 Å². The van der Waals surface area contributed by atoms with Gasteiger partial charge in [0.2, 0.25) is 0 Å². The second-order valence-electron chi connectivity index (χ2n) is 5.05. The van der Waals surface area contributed by atoms with Crippen LogP contribution in [0, 0.1) is 5.82 Å². The second kappa shape index (κ2) is 6.89. The van der Waals surface area contributed by atoms with E-state index in [1.165, 1.54) is 18.2 Å². The zero-order valence-electron chi connectivity index (χ0n) is 12.1. The second-order valence-corrected chi connectivity index (χ2v) is 5.46. The Labute approximate surface area is 137 Å². The van der Waals surface area contributed by atoms with Crippen LogP contribution in [0.15, 0.2) is 30.3 Å². The number of nitrogens with zero attached hydrogens (tertiary/aromatic N) is 2. The Morgan fingerprint density at radius 3 is 2.70 bits per heavy atom. The summed E-state index contributed by atoms with van der Waals surface area (Å²) < 4.78 is 18.4. The van der Waals surface area contributed by atoms with Gasteiger partial charge in [-0.3, -0.25) is 4.79 Å². The van der Waals surface area contributed by atoms with Crippen LogP contribution in [0.2, 0.25) is 5.02 Å². The molecule has 1 aliphatic rings. The predicted molar refractivity (Wildman–Crippen MR) is 84.3 cm³/mol. The number of carbonyl (C=O) groups is 1. The van der Waals surface area contributed by atoms with Gasteiger partial charge in [-0.05, 0) is 43.2 Å². The number of amides is 1. The molecule has 1 unspecified atom stereocenters. The molecule has 1 aromatic heterocycles. The number of benzene rings is 1. The maximum atomic E-state index is 13.1. The summed E-state index contributed by atoms with van der Waals surface area (Å²) in [6.07, 6.45) is 1.17. The van der Waals surface area contributed by atoms with Gasteiger partial charge in [-0.2, -0.15) is 0 Å². The van der Waals surface area contributed by atoms with Crippen LogP contribution < -0.4 is 10.6 Å². The predicted octanol–water partition coefficient (Wildman–Crippen LogP) is 3.13. The van der Waals surface area contributed by atoms with Crippen LogP contribution in [0.5, 0.6) is 0 Å². The molecule has 120 valence electrons. The quantitative estimate of drug-likeness (QED) is 0.897. The fourth-order valence-electron chi connectivity index (χ4n) is 2.18. The Bertz CT molecular complexity index is 705. The van der Waals surface area contributed by atoms with E-state index in [1.54, 1.807) is 12.1 Å². The first kappa shape index (κ1) is 15.6. The van der Waals surface area contributed by atoms with Gasteiger partial charge in [-0.1, -0.05) is 11.6 Å². The molecular formula is C15H14ClFN4O2. The van der Waals surface area contributed by atoms with E-state index in [0.29, 0.717) is 30.4 Å². The van der Waals surface area contributed by atoms with Gasteiger partial charge in [0.25, 0.3) is 5.91 Å². The lowest BCUT2D eigenvalue weighted by Gasteiger charge is -2.10. The zero-order chi connectivity index (χ0) is 16.2. The third kappa shape index (κ3) is 3.94.